The highest BCUT2D eigenvalue weighted by Crippen LogP contribution is 2.54. The summed E-state index contributed by atoms with van der Waals surface area (Å²) in [6.45, 7) is 21.9. The molecule has 5 aromatic rings. The molecule has 2 aromatic heterocycles. The van der Waals surface area contributed by atoms with Gasteiger partial charge in [-0.2, -0.15) is 4.40 Å². The monoisotopic (exact) mass is 581 g/mol. The molecule has 1 aliphatic heterocycles. The lowest BCUT2D eigenvalue weighted by atomic mass is 9.61. The van der Waals surface area contributed by atoms with Crippen molar-refractivity contribution in [3.8, 4) is 0 Å². The number of fused-ring (bicyclic) bond motifs is 7. The number of hydrogen-bond donors (Lipinski definition) is 0. The molecule has 0 radical (unpaired) electrons. The summed E-state index contributed by atoms with van der Waals surface area (Å²) in [7, 11) is 0. The van der Waals surface area contributed by atoms with E-state index in [1.54, 1.807) is 5.56 Å². The van der Waals surface area contributed by atoms with Crippen LogP contribution in [0.25, 0.3) is 38.4 Å². The van der Waals surface area contributed by atoms with Gasteiger partial charge in [0.15, 0.2) is 11.0 Å². The molecule has 3 aromatic carbocycles. The van der Waals surface area contributed by atoms with Gasteiger partial charge < -0.3 is 0 Å². The van der Waals surface area contributed by atoms with Crippen LogP contribution in [0.15, 0.2) is 46.9 Å². The molecule has 7 rings (SSSR count). The number of nitrogens with zero attached hydrogens (tertiary/aromatic N) is 2. The first kappa shape index (κ1) is 25.6. The molecule has 0 bridgehead atoms. The number of benzene rings is 3. The van der Waals surface area contributed by atoms with Crippen LogP contribution in [0.2, 0.25) is 0 Å². The van der Waals surface area contributed by atoms with Crippen LogP contribution in [0.3, 0.4) is 0 Å². The first-order valence-corrected chi connectivity index (χ1v) is 15.7. The Balaban J connectivity index is 1.88. The van der Waals surface area contributed by atoms with Crippen LogP contribution >= 0.6 is 15.9 Å². The summed E-state index contributed by atoms with van der Waals surface area (Å²) in [5, 5.41) is 4.12. The Kier molecular flexibility index (Phi) is 5.02. The van der Waals surface area contributed by atoms with Crippen molar-refractivity contribution in [3.05, 3.63) is 69.2 Å². The van der Waals surface area contributed by atoms with E-state index in [0.29, 0.717) is 0 Å². The number of aromatic nitrogens is 2. The van der Waals surface area contributed by atoms with E-state index in [4.69, 9.17) is 0 Å². The zero-order chi connectivity index (χ0) is 27.9. The van der Waals surface area contributed by atoms with Gasteiger partial charge in [0.1, 0.15) is 11.1 Å². The van der Waals surface area contributed by atoms with Gasteiger partial charge in [0.25, 0.3) is 5.65 Å². The van der Waals surface area contributed by atoms with Crippen molar-refractivity contribution in [3.63, 3.8) is 0 Å². The van der Waals surface area contributed by atoms with Crippen LogP contribution in [0.1, 0.15) is 103 Å². The second kappa shape index (κ2) is 7.66. The Labute approximate surface area is 241 Å². The van der Waals surface area contributed by atoms with Gasteiger partial charge in [-0.1, -0.05) is 88.7 Å². The predicted molar refractivity (Wildman–Crippen MR) is 169 cm³/mol. The molecule has 0 spiro atoms. The van der Waals surface area contributed by atoms with E-state index in [9.17, 15) is 0 Å². The summed E-state index contributed by atoms with van der Waals surface area (Å²) >= 11 is 4.03. The van der Waals surface area contributed by atoms with Gasteiger partial charge in [0, 0.05) is 20.7 Å². The minimum atomic E-state index is -0.0680. The van der Waals surface area contributed by atoms with E-state index in [1.165, 1.54) is 72.4 Å². The molecular weight excluding hydrogens is 540 g/mol. The summed E-state index contributed by atoms with van der Waals surface area (Å²) in [6, 6.07) is 16.8. The Morgan fingerprint density at radius 2 is 1.49 bits per heavy atom. The number of aryl methyl sites for hydroxylation is 1. The average molecular weight is 583 g/mol. The third kappa shape index (κ3) is 2.86. The fourth-order valence-electron chi connectivity index (χ4n) is 8.57. The van der Waals surface area contributed by atoms with Crippen molar-refractivity contribution < 1.29 is 4.57 Å². The molecule has 2 unspecified atom stereocenters. The van der Waals surface area contributed by atoms with Gasteiger partial charge in [-0.25, -0.2) is 4.57 Å². The predicted octanol–water partition coefficient (Wildman–Crippen LogP) is 9.91. The lowest BCUT2D eigenvalue weighted by molar-refractivity contribution is -0.728. The molecule has 1 aliphatic carbocycles. The second-order valence-corrected chi connectivity index (χ2v) is 15.1. The van der Waals surface area contributed by atoms with E-state index in [1.807, 2.05) is 0 Å². The van der Waals surface area contributed by atoms with Crippen molar-refractivity contribution >= 4 is 54.3 Å². The maximum atomic E-state index is 4.03. The summed E-state index contributed by atoms with van der Waals surface area (Å²) in [5.41, 5.74) is 11.6. The summed E-state index contributed by atoms with van der Waals surface area (Å²) in [6.07, 6.45) is 4.62. The normalized spacial score (nSPS) is 25.3. The third-order valence-corrected chi connectivity index (χ3v) is 12.3. The highest BCUT2D eigenvalue weighted by molar-refractivity contribution is 9.10. The number of para-hydroxylation sites is 1. The van der Waals surface area contributed by atoms with Gasteiger partial charge in [-0.05, 0) is 90.8 Å². The highest BCUT2D eigenvalue weighted by Gasteiger charge is 2.55. The smallest absolute Gasteiger partial charge is 0.216 e. The maximum Gasteiger partial charge on any atom is 0.296 e. The number of rotatable bonds is 2. The lowest BCUT2D eigenvalue weighted by Crippen LogP contribution is -2.66. The van der Waals surface area contributed by atoms with E-state index in [2.05, 4.69) is 130 Å². The van der Waals surface area contributed by atoms with Gasteiger partial charge in [0.05, 0.1) is 5.39 Å². The molecule has 0 saturated heterocycles. The largest absolute Gasteiger partial charge is 0.296 e. The fraction of sp³-hybridized carbons (Fsp3) is 0.472. The molecule has 2 atom stereocenters. The third-order valence-electron chi connectivity index (χ3n) is 11.6. The quantitative estimate of drug-likeness (QED) is 0.145. The summed E-state index contributed by atoms with van der Waals surface area (Å²) < 4.78 is 6.63. The molecule has 202 valence electrons. The van der Waals surface area contributed by atoms with Crippen LogP contribution in [0.4, 0.5) is 0 Å². The first-order chi connectivity index (χ1) is 18.3. The highest BCUT2D eigenvalue weighted by atomic mass is 79.9. The van der Waals surface area contributed by atoms with Crippen molar-refractivity contribution in [1.82, 2.24) is 4.40 Å². The van der Waals surface area contributed by atoms with Gasteiger partial charge >= 0.3 is 0 Å². The molecule has 0 amide bonds. The van der Waals surface area contributed by atoms with Crippen molar-refractivity contribution in [2.45, 2.75) is 110 Å². The van der Waals surface area contributed by atoms with Crippen LogP contribution in [-0.2, 0) is 21.8 Å². The Hall–Kier alpha value is -2.39. The summed E-state index contributed by atoms with van der Waals surface area (Å²) in [4.78, 5) is 0. The minimum absolute atomic E-state index is 0.00463. The molecule has 0 N–H and O–H groups in total. The number of hydrogen-bond acceptors (Lipinski definition) is 0. The fourth-order valence-corrected chi connectivity index (χ4v) is 9.12. The zero-order valence-corrected chi connectivity index (χ0v) is 26.7. The van der Waals surface area contributed by atoms with E-state index in [-0.39, 0.29) is 21.8 Å². The van der Waals surface area contributed by atoms with E-state index >= 15 is 0 Å². The van der Waals surface area contributed by atoms with Gasteiger partial charge in [-0.3, -0.25) is 0 Å². The SMILES string of the molecule is CCC1(C)c2ccc(Br)c3c4cccc(C)c4n4c5cc6c(cc5[n+](c4c23)C1(C)CC)C(C)(C)CCC6(C)C. The molecular formula is C36H42BrN2+. The van der Waals surface area contributed by atoms with Gasteiger partial charge in [-0.15, -0.1) is 0 Å². The van der Waals surface area contributed by atoms with E-state index < -0.39 is 0 Å². The van der Waals surface area contributed by atoms with Crippen LogP contribution in [0, 0.1) is 6.92 Å². The molecule has 39 heavy (non-hydrogen) atoms. The van der Waals surface area contributed by atoms with Gasteiger partial charge in [0.2, 0.25) is 0 Å². The number of pyridine rings is 1. The summed E-state index contributed by atoms with van der Waals surface area (Å²) in [5.74, 6) is 0. The maximum absolute atomic E-state index is 4.03. The van der Waals surface area contributed by atoms with Crippen LogP contribution < -0.4 is 4.57 Å². The molecule has 2 nitrogen and oxygen atoms in total. The first-order valence-electron chi connectivity index (χ1n) is 14.9. The molecule has 0 fully saturated rings. The molecule has 3 heterocycles. The second-order valence-electron chi connectivity index (χ2n) is 14.3. The standard InChI is InChI=1S/C36H42BrN2/c1-10-35(8)23-15-16-26(37)29-22-14-12-13-21(3)31(22)38-27-19-24-25(34(6,7)18-17-33(24,4)5)20-28(27)39(32(38)30(23)29)36(35,9)11-2/h12-16,19-20H,10-11,17-18H2,1-9H3/q+1. The Bertz CT molecular complexity index is 1890. The number of halogens is 1. The van der Waals surface area contributed by atoms with Crippen molar-refractivity contribution in [2.75, 3.05) is 0 Å². The van der Waals surface area contributed by atoms with Crippen LogP contribution in [-0.4, -0.2) is 4.40 Å². The number of imidazole rings is 1. The minimum Gasteiger partial charge on any atom is -0.216 e. The van der Waals surface area contributed by atoms with E-state index in [0.717, 1.165) is 12.8 Å². The Morgan fingerprint density at radius 3 is 2.13 bits per heavy atom. The molecule has 3 heteroatoms. The average Bonchev–Trinajstić information content (AvgIpc) is 3.24. The van der Waals surface area contributed by atoms with Crippen LogP contribution in [0.5, 0.6) is 0 Å². The zero-order valence-electron chi connectivity index (χ0n) is 25.1. The lowest BCUT2D eigenvalue weighted by Gasteiger charge is -2.47. The van der Waals surface area contributed by atoms with Crippen molar-refractivity contribution in [1.29, 1.82) is 0 Å². The Morgan fingerprint density at radius 1 is 0.821 bits per heavy atom. The molecule has 0 saturated carbocycles. The molecule has 2 aliphatic rings. The van der Waals surface area contributed by atoms with Crippen molar-refractivity contribution in [2.24, 2.45) is 0 Å². The topological polar surface area (TPSA) is 8.29 Å².